The van der Waals surface area contributed by atoms with Gasteiger partial charge in [-0.2, -0.15) is 0 Å². The van der Waals surface area contributed by atoms with Crippen LogP contribution in [-0.2, 0) is 4.74 Å². The molecule has 17 heavy (non-hydrogen) atoms. The summed E-state index contributed by atoms with van der Waals surface area (Å²) in [4.78, 5) is 2.40. The van der Waals surface area contributed by atoms with Gasteiger partial charge < -0.3 is 15.0 Å². The predicted octanol–water partition coefficient (Wildman–Crippen LogP) is 2.19. The second kappa shape index (κ2) is 6.03. The lowest BCUT2D eigenvalue weighted by Crippen LogP contribution is -2.25. The summed E-state index contributed by atoms with van der Waals surface area (Å²) in [6, 6.07) is 9.27. The van der Waals surface area contributed by atoms with Crippen LogP contribution in [0.2, 0.25) is 0 Å². The first-order valence-electron chi connectivity index (χ1n) is 6.41. The first-order chi connectivity index (χ1) is 8.31. The van der Waals surface area contributed by atoms with E-state index in [1.54, 1.807) is 0 Å². The Balaban J connectivity index is 2.05. The number of anilines is 1. The Morgan fingerprint density at radius 1 is 1.18 bits per heavy atom. The molecule has 0 spiro atoms. The van der Waals surface area contributed by atoms with E-state index in [0.29, 0.717) is 6.04 Å². The van der Waals surface area contributed by atoms with Crippen LogP contribution in [0.15, 0.2) is 24.3 Å². The Morgan fingerprint density at radius 3 is 2.65 bits per heavy atom. The van der Waals surface area contributed by atoms with Crippen molar-refractivity contribution in [1.82, 2.24) is 5.32 Å². The van der Waals surface area contributed by atoms with Gasteiger partial charge in [0.15, 0.2) is 0 Å². The predicted molar refractivity (Wildman–Crippen MR) is 71.6 cm³/mol. The van der Waals surface area contributed by atoms with Gasteiger partial charge in [0.1, 0.15) is 0 Å². The summed E-state index contributed by atoms with van der Waals surface area (Å²) in [7, 11) is 1.99. The molecule has 0 bridgehead atoms. The average molecular weight is 234 g/mol. The van der Waals surface area contributed by atoms with Gasteiger partial charge >= 0.3 is 0 Å². The Labute approximate surface area is 104 Å². The Morgan fingerprint density at radius 2 is 1.94 bits per heavy atom. The van der Waals surface area contributed by atoms with Crippen LogP contribution in [0.5, 0.6) is 0 Å². The molecule has 0 aliphatic carbocycles. The third kappa shape index (κ3) is 3.20. The SMILES string of the molecule is CNC(C)c1ccc(N2CCCOCC2)cc1. The third-order valence-corrected chi connectivity index (χ3v) is 3.41. The Hall–Kier alpha value is -1.06. The first-order valence-corrected chi connectivity index (χ1v) is 6.41. The summed E-state index contributed by atoms with van der Waals surface area (Å²) in [6.45, 7) is 6.01. The van der Waals surface area contributed by atoms with E-state index in [9.17, 15) is 0 Å². The van der Waals surface area contributed by atoms with Crippen molar-refractivity contribution in [3.63, 3.8) is 0 Å². The van der Waals surface area contributed by atoms with Crippen LogP contribution < -0.4 is 10.2 Å². The fourth-order valence-electron chi connectivity index (χ4n) is 2.14. The topological polar surface area (TPSA) is 24.5 Å². The van der Waals surface area contributed by atoms with Gasteiger partial charge in [0.05, 0.1) is 6.61 Å². The highest BCUT2D eigenvalue weighted by molar-refractivity contribution is 5.48. The fraction of sp³-hybridized carbons (Fsp3) is 0.571. The Kier molecular flexibility index (Phi) is 4.40. The molecule has 1 unspecified atom stereocenters. The fourth-order valence-corrected chi connectivity index (χ4v) is 2.14. The van der Waals surface area contributed by atoms with Crippen molar-refractivity contribution < 1.29 is 4.74 Å². The van der Waals surface area contributed by atoms with Gasteiger partial charge in [-0.25, -0.2) is 0 Å². The van der Waals surface area contributed by atoms with E-state index in [1.807, 2.05) is 7.05 Å². The average Bonchev–Trinajstić information content (AvgIpc) is 2.67. The van der Waals surface area contributed by atoms with Crippen LogP contribution in [0.25, 0.3) is 0 Å². The highest BCUT2D eigenvalue weighted by Crippen LogP contribution is 2.19. The minimum atomic E-state index is 0.413. The van der Waals surface area contributed by atoms with Crippen molar-refractivity contribution in [3.05, 3.63) is 29.8 Å². The van der Waals surface area contributed by atoms with Gasteiger partial charge in [0.2, 0.25) is 0 Å². The zero-order chi connectivity index (χ0) is 12.1. The second-order valence-electron chi connectivity index (χ2n) is 4.55. The summed E-state index contributed by atoms with van der Waals surface area (Å²) < 4.78 is 5.47. The maximum atomic E-state index is 5.47. The minimum Gasteiger partial charge on any atom is -0.380 e. The third-order valence-electron chi connectivity index (χ3n) is 3.41. The van der Waals surface area contributed by atoms with Crippen LogP contribution in [0.4, 0.5) is 5.69 Å². The molecule has 0 saturated carbocycles. The molecule has 1 N–H and O–H groups in total. The number of benzene rings is 1. The zero-order valence-electron chi connectivity index (χ0n) is 10.8. The molecule has 2 rings (SSSR count). The molecule has 1 aliphatic heterocycles. The normalized spacial score (nSPS) is 18.8. The molecule has 94 valence electrons. The summed E-state index contributed by atoms with van der Waals surface area (Å²) in [6.07, 6.45) is 1.12. The Bertz CT molecular complexity index is 329. The summed E-state index contributed by atoms with van der Waals surface area (Å²) in [5, 5.41) is 3.26. The number of nitrogens with one attached hydrogen (secondary N) is 1. The van der Waals surface area contributed by atoms with Crippen molar-refractivity contribution in [2.24, 2.45) is 0 Å². The molecule has 1 heterocycles. The molecule has 1 aliphatic rings. The van der Waals surface area contributed by atoms with Gasteiger partial charge in [0, 0.05) is 31.4 Å². The van der Waals surface area contributed by atoms with E-state index in [0.717, 1.165) is 32.7 Å². The van der Waals surface area contributed by atoms with Crippen molar-refractivity contribution in [2.75, 3.05) is 38.3 Å². The van der Waals surface area contributed by atoms with E-state index in [4.69, 9.17) is 4.74 Å². The van der Waals surface area contributed by atoms with Crippen LogP contribution in [0, 0.1) is 0 Å². The molecule has 0 amide bonds. The molecule has 1 fully saturated rings. The number of rotatable bonds is 3. The van der Waals surface area contributed by atoms with E-state index < -0.39 is 0 Å². The van der Waals surface area contributed by atoms with Crippen LogP contribution in [0.3, 0.4) is 0 Å². The highest BCUT2D eigenvalue weighted by atomic mass is 16.5. The lowest BCUT2D eigenvalue weighted by atomic mass is 10.1. The minimum absolute atomic E-state index is 0.413. The summed E-state index contributed by atoms with van der Waals surface area (Å²) in [5.74, 6) is 0. The van der Waals surface area contributed by atoms with E-state index >= 15 is 0 Å². The quantitative estimate of drug-likeness (QED) is 0.867. The van der Waals surface area contributed by atoms with Crippen LogP contribution in [0.1, 0.15) is 24.9 Å². The highest BCUT2D eigenvalue weighted by Gasteiger charge is 2.10. The maximum Gasteiger partial charge on any atom is 0.0641 e. The lowest BCUT2D eigenvalue weighted by molar-refractivity contribution is 0.152. The van der Waals surface area contributed by atoms with Crippen molar-refractivity contribution in [2.45, 2.75) is 19.4 Å². The smallest absolute Gasteiger partial charge is 0.0641 e. The monoisotopic (exact) mass is 234 g/mol. The van der Waals surface area contributed by atoms with Gasteiger partial charge in [-0.3, -0.25) is 0 Å². The van der Waals surface area contributed by atoms with Crippen molar-refractivity contribution >= 4 is 5.69 Å². The number of nitrogens with zero attached hydrogens (tertiary/aromatic N) is 1. The summed E-state index contributed by atoms with van der Waals surface area (Å²) in [5.41, 5.74) is 2.64. The van der Waals surface area contributed by atoms with Gasteiger partial charge in [-0.1, -0.05) is 12.1 Å². The molecule has 1 atom stereocenters. The first kappa shape index (κ1) is 12.4. The molecule has 1 aromatic rings. The number of hydrogen-bond donors (Lipinski definition) is 1. The number of ether oxygens (including phenoxy) is 1. The lowest BCUT2D eigenvalue weighted by Gasteiger charge is -2.22. The van der Waals surface area contributed by atoms with Gasteiger partial charge in [-0.05, 0) is 38.1 Å². The molecule has 1 aromatic carbocycles. The standard InChI is InChI=1S/C14H22N2O/c1-12(15-2)13-4-6-14(7-5-13)16-8-3-10-17-11-9-16/h4-7,12,15H,3,8-11H2,1-2H3. The van der Waals surface area contributed by atoms with Crippen LogP contribution in [-0.4, -0.2) is 33.4 Å². The molecule has 3 nitrogen and oxygen atoms in total. The number of hydrogen-bond acceptors (Lipinski definition) is 3. The van der Waals surface area contributed by atoms with Gasteiger partial charge in [0.25, 0.3) is 0 Å². The van der Waals surface area contributed by atoms with Gasteiger partial charge in [-0.15, -0.1) is 0 Å². The summed E-state index contributed by atoms with van der Waals surface area (Å²) >= 11 is 0. The van der Waals surface area contributed by atoms with Crippen molar-refractivity contribution in [3.8, 4) is 0 Å². The maximum absolute atomic E-state index is 5.47. The molecular formula is C14H22N2O. The van der Waals surface area contributed by atoms with Crippen LogP contribution >= 0.6 is 0 Å². The molecule has 3 heteroatoms. The van der Waals surface area contributed by atoms with Crippen molar-refractivity contribution in [1.29, 1.82) is 0 Å². The molecular weight excluding hydrogens is 212 g/mol. The van der Waals surface area contributed by atoms with E-state index in [-0.39, 0.29) is 0 Å². The molecule has 0 aromatic heterocycles. The van der Waals surface area contributed by atoms with E-state index in [1.165, 1.54) is 11.3 Å². The second-order valence-corrected chi connectivity index (χ2v) is 4.55. The largest absolute Gasteiger partial charge is 0.380 e. The zero-order valence-corrected chi connectivity index (χ0v) is 10.8. The van der Waals surface area contributed by atoms with E-state index in [2.05, 4.69) is 41.4 Å². The molecule has 0 radical (unpaired) electrons. The molecule has 1 saturated heterocycles.